The minimum atomic E-state index is -0.917. The number of carbonyl (C=O) groups is 2. The van der Waals surface area contributed by atoms with E-state index in [4.69, 9.17) is 5.11 Å². The summed E-state index contributed by atoms with van der Waals surface area (Å²) >= 11 is 0. The third-order valence-corrected chi connectivity index (χ3v) is 3.59. The summed E-state index contributed by atoms with van der Waals surface area (Å²) in [6, 6.07) is -0.419. The van der Waals surface area contributed by atoms with Crippen LogP contribution >= 0.6 is 0 Å². The topological polar surface area (TPSA) is 95.5 Å². The van der Waals surface area contributed by atoms with Gasteiger partial charge < -0.3 is 15.7 Å². The molecular weight excluding hydrogens is 244 g/mol. The first-order valence-electron chi connectivity index (χ1n) is 5.60. The second-order valence-corrected chi connectivity index (χ2v) is 5.38. The molecule has 0 saturated carbocycles. The smallest absolute Gasteiger partial charge is 0.314 e. The lowest BCUT2D eigenvalue weighted by atomic mass is 10.1. The van der Waals surface area contributed by atoms with Gasteiger partial charge in [0.05, 0.1) is 5.92 Å². The van der Waals surface area contributed by atoms with Crippen LogP contribution < -0.4 is 10.6 Å². The number of carboxylic acid groups (broad SMARTS) is 1. The molecule has 3 N–H and O–H groups in total. The SMILES string of the molecule is CCC(CNC(=O)NCCS(=O)CC)C(=O)O. The highest BCUT2D eigenvalue weighted by Crippen LogP contribution is 1.99. The number of carboxylic acids is 1. The fourth-order valence-corrected chi connectivity index (χ4v) is 1.73. The van der Waals surface area contributed by atoms with Gasteiger partial charge >= 0.3 is 12.0 Å². The minimum absolute atomic E-state index is 0.106. The van der Waals surface area contributed by atoms with E-state index < -0.39 is 28.7 Å². The average molecular weight is 264 g/mol. The molecule has 6 nitrogen and oxygen atoms in total. The largest absolute Gasteiger partial charge is 0.481 e. The summed E-state index contributed by atoms with van der Waals surface area (Å²) < 4.78 is 11.1. The number of aliphatic carboxylic acids is 1. The Hall–Kier alpha value is -1.11. The minimum Gasteiger partial charge on any atom is -0.481 e. The molecule has 0 spiro atoms. The molecule has 2 atom stereocenters. The second kappa shape index (κ2) is 8.98. The van der Waals surface area contributed by atoms with E-state index in [1.165, 1.54) is 0 Å². The van der Waals surface area contributed by atoms with E-state index in [1.807, 2.05) is 6.92 Å². The van der Waals surface area contributed by atoms with Crippen molar-refractivity contribution in [2.75, 3.05) is 24.6 Å². The summed E-state index contributed by atoms with van der Waals surface area (Å²) in [5, 5.41) is 13.8. The predicted molar refractivity (Wildman–Crippen MR) is 66.4 cm³/mol. The standard InChI is InChI=1S/C10H20N2O4S/c1-3-8(9(13)14)7-12-10(15)11-5-6-17(16)4-2/h8H,3-7H2,1-2H3,(H,13,14)(H2,11,12,15). The number of hydrogen-bond acceptors (Lipinski definition) is 3. The van der Waals surface area contributed by atoms with E-state index in [2.05, 4.69) is 10.6 Å². The van der Waals surface area contributed by atoms with Gasteiger partial charge in [-0.1, -0.05) is 13.8 Å². The van der Waals surface area contributed by atoms with Crippen molar-refractivity contribution in [1.29, 1.82) is 0 Å². The number of hydrogen-bond donors (Lipinski definition) is 3. The average Bonchev–Trinajstić information content (AvgIpc) is 2.29. The van der Waals surface area contributed by atoms with Crippen LogP contribution in [0, 0.1) is 5.92 Å². The third-order valence-electron chi connectivity index (χ3n) is 2.29. The lowest BCUT2D eigenvalue weighted by molar-refractivity contribution is -0.141. The van der Waals surface area contributed by atoms with Gasteiger partial charge in [-0.3, -0.25) is 9.00 Å². The van der Waals surface area contributed by atoms with Crippen molar-refractivity contribution in [3.63, 3.8) is 0 Å². The number of carbonyl (C=O) groups excluding carboxylic acids is 1. The van der Waals surface area contributed by atoms with Crippen molar-refractivity contribution < 1.29 is 18.9 Å². The first-order valence-corrected chi connectivity index (χ1v) is 7.09. The summed E-state index contributed by atoms with van der Waals surface area (Å²) in [6.45, 7) is 4.00. The third kappa shape index (κ3) is 7.73. The molecule has 0 aromatic carbocycles. The van der Waals surface area contributed by atoms with Crippen molar-refractivity contribution in [3.8, 4) is 0 Å². The summed E-state index contributed by atoms with van der Waals surface area (Å²) in [7, 11) is -0.902. The predicted octanol–water partition coefficient (Wildman–Crippen LogP) is 0.165. The monoisotopic (exact) mass is 264 g/mol. The van der Waals surface area contributed by atoms with Crippen LogP contribution in [-0.4, -0.2) is 45.9 Å². The lowest BCUT2D eigenvalue weighted by Gasteiger charge is -2.11. The highest BCUT2D eigenvalue weighted by molar-refractivity contribution is 7.84. The van der Waals surface area contributed by atoms with Crippen LogP contribution in [0.1, 0.15) is 20.3 Å². The maximum Gasteiger partial charge on any atom is 0.314 e. The Kier molecular flexibility index (Phi) is 8.39. The zero-order chi connectivity index (χ0) is 13.3. The summed E-state index contributed by atoms with van der Waals surface area (Å²) in [4.78, 5) is 21.9. The van der Waals surface area contributed by atoms with Crippen LogP contribution in [0.2, 0.25) is 0 Å². The molecule has 0 aliphatic rings. The summed E-state index contributed by atoms with van der Waals surface area (Å²) in [5.41, 5.74) is 0. The van der Waals surface area contributed by atoms with Gasteiger partial charge in [-0.25, -0.2) is 4.79 Å². The quantitative estimate of drug-likeness (QED) is 0.582. The lowest BCUT2D eigenvalue weighted by Crippen LogP contribution is -2.41. The van der Waals surface area contributed by atoms with Gasteiger partial charge in [-0.05, 0) is 6.42 Å². The number of urea groups is 1. The Bertz CT molecular complexity index is 283. The Labute approximate surface area is 104 Å². The van der Waals surface area contributed by atoms with E-state index in [1.54, 1.807) is 6.92 Å². The molecule has 0 heterocycles. The first kappa shape index (κ1) is 15.9. The molecule has 0 aliphatic carbocycles. The summed E-state index contributed by atoms with van der Waals surface area (Å²) in [6.07, 6.45) is 0.468. The molecule has 0 aliphatic heterocycles. The zero-order valence-electron chi connectivity index (χ0n) is 10.2. The van der Waals surface area contributed by atoms with Gasteiger partial charge in [0.15, 0.2) is 0 Å². The first-order chi connectivity index (χ1) is 8.01. The van der Waals surface area contributed by atoms with Gasteiger partial charge in [0.1, 0.15) is 0 Å². The van der Waals surface area contributed by atoms with E-state index >= 15 is 0 Å². The van der Waals surface area contributed by atoms with Gasteiger partial charge in [0, 0.05) is 35.4 Å². The van der Waals surface area contributed by atoms with Crippen LogP contribution in [0.15, 0.2) is 0 Å². The van der Waals surface area contributed by atoms with Crippen molar-refractivity contribution in [1.82, 2.24) is 10.6 Å². The Morgan fingerprint density at radius 3 is 2.41 bits per heavy atom. The van der Waals surface area contributed by atoms with Crippen LogP contribution in [0.3, 0.4) is 0 Å². The molecule has 0 aromatic heterocycles. The van der Waals surface area contributed by atoms with Gasteiger partial charge in [-0.15, -0.1) is 0 Å². The van der Waals surface area contributed by atoms with E-state index in [-0.39, 0.29) is 6.54 Å². The summed E-state index contributed by atoms with van der Waals surface area (Å²) in [5.74, 6) is -0.495. The molecule has 0 radical (unpaired) electrons. The Morgan fingerprint density at radius 1 is 1.29 bits per heavy atom. The van der Waals surface area contributed by atoms with E-state index in [0.29, 0.717) is 24.5 Å². The van der Waals surface area contributed by atoms with Crippen LogP contribution in [0.5, 0.6) is 0 Å². The molecule has 7 heteroatoms. The molecule has 17 heavy (non-hydrogen) atoms. The van der Waals surface area contributed by atoms with Crippen LogP contribution in [0.4, 0.5) is 4.79 Å². The normalized spacial score (nSPS) is 13.8. The number of rotatable bonds is 8. The molecule has 100 valence electrons. The van der Waals surface area contributed by atoms with Crippen molar-refractivity contribution in [2.45, 2.75) is 20.3 Å². The molecule has 2 amide bonds. The number of amides is 2. The molecule has 0 rings (SSSR count). The fourth-order valence-electron chi connectivity index (χ4n) is 1.11. The zero-order valence-corrected chi connectivity index (χ0v) is 11.0. The van der Waals surface area contributed by atoms with Crippen LogP contribution in [-0.2, 0) is 15.6 Å². The molecular formula is C10H20N2O4S. The van der Waals surface area contributed by atoms with Crippen molar-refractivity contribution in [2.24, 2.45) is 5.92 Å². The Balaban J connectivity index is 3.72. The van der Waals surface area contributed by atoms with Gasteiger partial charge in [-0.2, -0.15) is 0 Å². The second-order valence-electron chi connectivity index (χ2n) is 3.51. The van der Waals surface area contributed by atoms with E-state index in [0.717, 1.165) is 0 Å². The van der Waals surface area contributed by atoms with E-state index in [9.17, 15) is 13.8 Å². The maximum atomic E-state index is 11.2. The molecule has 0 saturated heterocycles. The molecule has 0 fully saturated rings. The van der Waals surface area contributed by atoms with Gasteiger partial charge in [0.2, 0.25) is 0 Å². The molecule has 2 unspecified atom stereocenters. The Morgan fingerprint density at radius 2 is 1.94 bits per heavy atom. The molecule has 0 aromatic rings. The molecule has 0 bridgehead atoms. The van der Waals surface area contributed by atoms with Crippen LogP contribution in [0.25, 0.3) is 0 Å². The van der Waals surface area contributed by atoms with Gasteiger partial charge in [0.25, 0.3) is 0 Å². The maximum absolute atomic E-state index is 11.2. The fraction of sp³-hybridized carbons (Fsp3) is 0.800. The number of nitrogens with one attached hydrogen (secondary N) is 2. The van der Waals surface area contributed by atoms with Crippen molar-refractivity contribution in [3.05, 3.63) is 0 Å². The highest BCUT2D eigenvalue weighted by Gasteiger charge is 2.15. The van der Waals surface area contributed by atoms with Crippen molar-refractivity contribution >= 4 is 22.8 Å². The highest BCUT2D eigenvalue weighted by atomic mass is 32.2.